The van der Waals surface area contributed by atoms with E-state index in [1.807, 2.05) is 0 Å². The molecule has 0 saturated heterocycles. The number of halogens is 3. The number of ketones is 1. The Morgan fingerprint density at radius 3 is 2.35 bits per heavy atom. The van der Waals surface area contributed by atoms with Crippen molar-refractivity contribution in [3.05, 3.63) is 29.6 Å². The van der Waals surface area contributed by atoms with E-state index < -0.39 is 17.5 Å². The summed E-state index contributed by atoms with van der Waals surface area (Å²) in [5.74, 6) is -0.530. The number of Topliss-reactive ketones (excluding diaryl/α,β-unsaturated/α-hetero) is 1. The smallest absolute Gasteiger partial charge is 0.294 e. The lowest BCUT2D eigenvalue weighted by Gasteiger charge is -2.18. The molecule has 17 heavy (non-hydrogen) atoms. The molecule has 1 rings (SSSR count). The van der Waals surface area contributed by atoms with E-state index in [1.54, 1.807) is 20.8 Å². The predicted molar refractivity (Wildman–Crippen MR) is 57.6 cm³/mol. The maximum Gasteiger partial charge on any atom is 0.417 e. The van der Waals surface area contributed by atoms with Crippen molar-refractivity contribution < 1.29 is 18.0 Å². The summed E-state index contributed by atoms with van der Waals surface area (Å²) in [6.07, 6.45) is -2.44. The van der Waals surface area contributed by atoms with Crippen molar-refractivity contribution in [1.29, 1.82) is 0 Å². The minimum atomic E-state index is -4.52. The first-order valence-electron chi connectivity index (χ1n) is 5.16. The van der Waals surface area contributed by atoms with Crippen molar-refractivity contribution in [2.75, 3.05) is 0 Å². The van der Waals surface area contributed by atoms with Gasteiger partial charge >= 0.3 is 6.18 Å². The van der Waals surface area contributed by atoms with Gasteiger partial charge in [0.1, 0.15) is 0 Å². The second-order valence-corrected chi connectivity index (χ2v) is 5.08. The van der Waals surface area contributed by atoms with E-state index in [1.165, 1.54) is 0 Å². The summed E-state index contributed by atoms with van der Waals surface area (Å²) >= 11 is 0. The molecule has 0 spiro atoms. The molecule has 0 saturated carbocycles. The summed E-state index contributed by atoms with van der Waals surface area (Å²) in [5, 5.41) is 0. The van der Waals surface area contributed by atoms with Crippen molar-refractivity contribution in [2.24, 2.45) is 5.41 Å². The number of aromatic nitrogens is 1. The molecule has 5 heteroatoms. The number of pyridine rings is 1. The lowest BCUT2D eigenvalue weighted by atomic mass is 9.87. The molecule has 0 aliphatic rings. The van der Waals surface area contributed by atoms with Gasteiger partial charge in [0.05, 0.1) is 5.56 Å². The first kappa shape index (κ1) is 13.7. The van der Waals surface area contributed by atoms with Crippen LogP contribution in [0.4, 0.5) is 13.2 Å². The van der Waals surface area contributed by atoms with Gasteiger partial charge in [-0.05, 0) is 11.5 Å². The van der Waals surface area contributed by atoms with Gasteiger partial charge in [0.2, 0.25) is 0 Å². The van der Waals surface area contributed by atoms with Crippen LogP contribution in [0.2, 0.25) is 0 Å². The minimum Gasteiger partial charge on any atom is -0.294 e. The van der Waals surface area contributed by atoms with Crippen LogP contribution in [0.3, 0.4) is 0 Å². The van der Waals surface area contributed by atoms with Crippen LogP contribution in [0.15, 0.2) is 18.5 Å². The van der Waals surface area contributed by atoms with E-state index >= 15 is 0 Å². The molecule has 0 aliphatic heterocycles. The average Bonchev–Trinajstić information content (AvgIpc) is 2.13. The van der Waals surface area contributed by atoms with E-state index in [0.29, 0.717) is 0 Å². The van der Waals surface area contributed by atoms with Crippen molar-refractivity contribution in [2.45, 2.75) is 33.4 Å². The summed E-state index contributed by atoms with van der Waals surface area (Å²) in [7, 11) is 0. The molecule has 1 heterocycles. The van der Waals surface area contributed by atoms with Gasteiger partial charge in [-0.15, -0.1) is 0 Å². The van der Waals surface area contributed by atoms with Crippen LogP contribution in [0, 0.1) is 5.41 Å². The fourth-order valence-electron chi connectivity index (χ4n) is 1.44. The highest BCUT2D eigenvalue weighted by atomic mass is 19.4. The quantitative estimate of drug-likeness (QED) is 0.743. The standard InChI is InChI=1S/C12H14F3NO/c1-11(2,3)6-10(17)8-7-16-5-4-9(8)12(13,14)15/h4-5,7H,6H2,1-3H3. The molecular weight excluding hydrogens is 231 g/mol. The maximum absolute atomic E-state index is 12.7. The zero-order valence-corrected chi connectivity index (χ0v) is 9.93. The molecule has 0 aliphatic carbocycles. The van der Waals surface area contributed by atoms with Crippen LogP contribution in [0.25, 0.3) is 0 Å². The molecule has 0 amide bonds. The number of carbonyl (C=O) groups is 1. The van der Waals surface area contributed by atoms with Gasteiger partial charge in [0.15, 0.2) is 5.78 Å². The van der Waals surface area contributed by atoms with Crippen molar-refractivity contribution in [1.82, 2.24) is 4.98 Å². The summed E-state index contributed by atoms with van der Waals surface area (Å²) in [4.78, 5) is 15.4. The highest BCUT2D eigenvalue weighted by Gasteiger charge is 2.35. The highest BCUT2D eigenvalue weighted by Crippen LogP contribution is 2.33. The topological polar surface area (TPSA) is 30.0 Å². The molecule has 0 bridgehead atoms. The monoisotopic (exact) mass is 245 g/mol. The number of rotatable bonds is 2. The van der Waals surface area contributed by atoms with Crippen LogP contribution in [-0.2, 0) is 6.18 Å². The lowest BCUT2D eigenvalue weighted by molar-refractivity contribution is -0.138. The van der Waals surface area contributed by atoms with Gasteiger partial charge in [0.25, 0.3) is 0 Å². The number of carbonyl (C=O) groups excluding carboxylic acids is 1. The molecule has 1 aromatic heterocycles. The van der Waals surface area contributed by atoms with Gasteiger partial charge in [-0.25, -0.2) is 0 Å². The number of nitrogens with zero attached hydrogens (tertiary/aromatic N) is 1. The largest absolute Gasteiger partial charge is 0.417 e. The van der Waals surface area contributed by atoms with Crippen LogP contribution >= 0.6 is 0 Å². The van der Waals surface area contributed by atoms with E-state index in [2.05, 4.69) is 4.98 Å². The van der Waals surface area contributed by atoms with Gasteiger partial charge in [-0.2, -0.15) is 13.2 Å². The average molecular weight is 245 g/mol. The number of alkyl halides is 3. The maximum atomic E-state index is 12.7. The molecule has 0 fully saturated rings. The Balaban J connectivity index is 3.11. The Hall–Kier alpha value is -1.39. The SMILES string of the molecule is CC(C)(C)CC(=O)c1cnccc1C(F)(F)F. The minimum absolute atomic E-state index is 0.0573. The van der Waals surface area contributed by atoms with E-state index in [-0.39, 0.29) is 17.4 Å². The zero-order valence-electron chi connectivity index (χ0n) is 9.93. The Morgan fingerprint density at radius 2 is 1.88 bits per heavy atom. The second kappa shape index (κ2) is 4.47. The molecule has 0 atom stereocenters. The van der Waals surface area contributed by atoms with Crippen LogP contribution in [-0.4, -0.2) is 10.8 Å². The number of hydrogen-bond acceptors (Lipinski definition) is 2. The van der Waals surface area contributed by atoms with Crippen molar-refractivity contribution in [3.63, 3.8) is 0 Å². The van der Waals surface area contributed by atoms with Crippen molar-refractivity contribution >= 4 is 5.78 Å². The summed E-state index contributed by atoms with van der Waals surface area (Å²) in [6.45, 7) is 5.40. The Morgan fingerprint density at radius 1 is 1.29 bits per heavy atom. The molecule has 1 aromatic rings. The molecule has 2 nitrogen and oxygen atoms in total. The lowest BCUT2D eigenvalue weighted by Crippen LogP contribution is -2.18. The summed E-state index contributed by atoms with van der Waals surface area (Å²) < 4.78 is 38.0. The Kier molecular flexibility index (Phi) is 3.59. The van der Waals surface area contributed by atoms with E-state index in [9.17, 15) is 18.0 Å². The first-order valence-corrected chi connectivity index (χ1v) is 5.16. The molecule has 0 aromatic carbocycles. The normalized spacial score (nSPS) is 12.6. The predicted octanol–water partition coefficient (Wildman–Crippen LogP) is 3.72. The van der Waals surface area contributed by atoms with Gasteiger partial charge in [0, 0.05) is 24.4 Å². The third-order valence-electron chi connectivity index (χ3n) is 2.12. The highest BCUT2D eigenvalue weighted by molar-refractivity contribution is 5.97. The van der Waals surface area contributed by atoms with E-state index in [4.69, 9.17) is 0 Å². The summed E-state index contributed by atoms with van der Waals surface area (Å²) in [5.41, 5.74) is -1.62. The summed E-state index contributed by atoms with van der Waals surface area (Å²) in [6, 6.07) is 0.829. The van der Waals surface area contributed by atoms with Gasteiger partial charge in [-0.1, -0.05) is 20.8 Å². The van der Waals surface area contributed by atoms with E-state index in [0.717, 1.165) is 18.5 Å². The molecule has 94 valence electrons. The fourth-order valence-corrected chi connectivity index (χ4v) is 1.44. The first-order chi connectivity index (χ1) is 7.61. The Bertz CT molecular complexity index is 418. The zero-order chi connectivity index (χ0) is 13.3. The van der Waals surface area contributed by atoms with Crippen LogP contribution < -0.4 is 0 Å². The molecular formula is C12H14F3NO. The van der Waals surface area contributed by atoms with Gasteiger partial charge < -0.3 is 0 Å². The number of hydrogen-bond donors (Lipinski definition) is 0. The molecule has 0 N–H and O–H groups in total. The van der Waals surface area contributed by atoms with Gasteiger partial charge in [-0.3, -0.25) is 9.78 Å². The third-order valence-corrected chi connectivity index (χ3v) is 2.12. The molecule has 0 unspecified atom stereocenters. The second-order valence-electron chi connectivity index (χ2n) is 5.08. The van der Waals surface area contributed by atoms with Crippen LogP contribution in [0.5, 0.6) is 0 Å². The fraction of sp³-hybridized carbons (Fsp3) is 0.500. The third kappa shape index (κ3) is 3.84. The van der Waals surface area contributed by atoms with Crippen molar-refractivity contribution in [3.8, 4) is 0 Å². The Labute approximate surface area is 97.9 Å². The van der Waals surface area contributed by atoms with Crippen LogP contribution in [0.1, 0.15) is 43.1 Å². The molecule has 0 radical (unpaired) electrons.